The lowest BCUT2D eigenvalue weighted by Gasteiger charge is -2.29. The molecular weight excluding hydrogens is 501 g/mol. The summed E-state index contributed by atoms with van der Waals surface area (Å²) in [5.41, 5.74) is 1.08. The number of halogens is 2. The molecule has 6 rings (SSSR count). The smallest absolute Gasteiger partial charge is 0.250 e. The number of aromatic hydroxyl groups is 1. The third-order valence-corrected chi connectivity index (χ3v) is 8.15. The largest absolute Gasteiger partial charge is 0.508 e. The summed E-state index contributed by atoms with van der Waals surface area (Å²) in [6.07, 6.45) is 0.380. The summed E-state index contributed by atoms with van der Waals surface area (Å²) in [6.45, 7) is 0.0242. The molecule has 3 amide bonds. The van der Waals surface area contributed by atoms with Crippen molar-refractivity contribution >= 4 is 46.6 Å². The molecule has 0 bridgehead atoms. The van der Waals surface area contributed by atoms with E-state index in [9.17, 15) is 19.5 Å². The molecule has 0 radical (unpaired) electrons. The van der Waals surface area contributed by atoms with E-state index >= 15 is 0 Å². The highest BCUT2D eigenvalue weighted by Crippen LogP contribution is 2.54. The van der Waals surface area contributed by atoms with E-state index in [1.165, 1.54) is 4.90 Å². The molecule has 9 heteroatoms. The van der Waals surface area contributed by atoms with Gasteiger partial charge in [-0.05, 0) is 41.8 Å². The molecule has 3 N–H and O–H groups in total. The van der Waals surface area contributed by atoms with Crippen molar-refractivity contribution in [2.75, 3.05) is 5.32 Å². The van der Waals surface area contributed by atoms with Gasteiger partial charge >= 0.3 is 0 Å². The van der Waals surface area contributed by atoms with Gasteiger partial charge in [0, 0.05) is 16.6 Å². The summed E-state index contributed by atoms with van der Waals surface area (Å²) < 4.78 is 0. The van der Waals surface area contributed by atoms with Gasteiger partial charge in [0.15, 0.2) is 0 Å². The van der Waals surface area contributed by atoms with Crippen LogP contribution < -0.4 is 10.6 Å². The Morgan fingerprint density at radius 1 is 0.889 bits per heavy atom. The number of carbonyl (C=O) groups excluding carboxylic acids is 3. The zero-order valence-electron chi connectivity index (χ0n) is 18.9. The van der Waals surface area contributed by atoms with E-state index in [0.29, 0.717) is 33.3 Å². The summed E-state index contributed by atoms with van der Waals surface area (Å²) in [4.78, 5) is 42.6. The summed E-state index contributed by atoms with van der Waals surface area (Å²) in [5, 5.41) is 16.7. The minimum absolute atomic E-state index is 0.0242. The molecule has 1 spiro atoms. The molecule has 3 aliphatic heterocycles. The first kappa shape index (κ1) is 23.0. The van der Waals surface area contributed by atoms with E-state index in [1.54, 1.807) is 66.7 Å². The van der Waals surface area contributed by atoms with Gasteiger partial charge in [-0.2, -0.15) is 0 Å². The maximum Gasteiger partial charge on any atom is 0.250 e. The lowest BCUT2D eigenvalue weighted by atomic mass is 9.76. The number of carbonyl (C=O) groups is 3. The quantitative estimate of drug-likeness (QED) is 0.452. The Morgan fingerprint density at radius 2 is 1.61 bits per heavy atom. The van der Waals surface area contributed by atoms with Gasteiger partial charge in [0.05, 0.1) is 29.1 Å². The fourth-order valence-corrected chi connectivity index (χ4v) is 6.28. The number of nitrogens with zero attached hydrogens (tertiary/aromatic N) is 1. The maximum absolute atomic E-state index is 13.9. The number of para-hydroxylation sites is 1. The third-order valence-electron chi connectivity index (χ3n) is 7.47. The Kier molecular flexibility index (Phi) is 5.33. The highest BCUT2D eigenvalue weighted by Gasteiger charge is 2.70. The van der Waals surface area contributed by atoms with Crippen molar-refractivity contribution in [3.63, 3.8) is 0 Å². The normalized spacial score (nSPS) is 26.4. The first-order valence-electron chi connectivity index (χ1n) is 11.6. The van der Waals surface area contributed by atoms with Crippen LogP contribution in [0.3, 0.4) is 0 Å². The highest BCUT2D eigenvalue weighted by molar-refractivity contribution is 6.35. The monoisotopic (exact) mass is 521 g/mol. The second kappa shape index (κ2) is 8.34. The summed E-state index contributed by atoms with van der Waals surface area (Å²) in [7, 11) is 0. The lowest BCUT2D eigenvalue weighted by molar-refractivity contribution is -0.143. The maximum atomic E-state index is 13.9. The summed E-state index contributed by atoms with van der Waals surface area (Å²) >= 11 is 12.7. The number of nitrogens with one attached hydrogen (secondary N) is 2. The molecule has 2 fully saturated rings. The third kappa shape index (κ3) is 3.27. The second-order valence-electron chi connectivity index (χ2n) is 9.40. The highest BCUT2D eigenvalue weighted by atomic mass is 35.5. The topological polar surface area (TPSA) is 98.7 Å². The van der Waals surface area contributed by atoms with E-state index in [0.717, 1.165) is 5.56 Å². The van der Waals surface area contributed by atoms with Crippen molar-refractivity contribution in [3.8, 4) is 5.75 Å². The van der Waals surface area contributed by atoms with Gasteiger partial charge in [-0.25, -0.2) is 0 Å². The van der Waals surface area contributed by atoms with Crippen LogP contribution in [0.4, 0.5) is 5.69 Å². The molecule has 0 aliphatic carbocycles. The number of hydrogen-bond acceptors (Lipinski definition) is 5. The number of hydrogen-bond donors (Lipinski definition) is 3. The fourth-order valence-electron chi connectivity index (χ4n) is 5.87. The average molecular weight is 522 g/mol. The van der Waals surface area contributed by atoms with Crippen LogP contribution >= 0.6 is 23.2 Å². The fraction of sp³-hybridized carbons (Fsp3) is 0.222. The van der Waals surface area contributed by atoms with E-state index in [4.69, 9.17) is 23.2 Å². The van der Waals surface area contributed by atoms with Crippen LogP contribution in [-0.2, 0) is 32.9 Å². The Labute approximate surface area is 217 Å². The van der Waals surface area contributed by atoms with Crippen molar-refractivity contribution in [3.05, 3.63) is 93.5 Å². The number of rotatable bonds is 4. The number of anilines is 1. The second-order valence-corrected chi connectivity index (χ2v) is 10.2. The van der Waals surface area contributed by atoms with E-state index in [-0.39, 0.29) is 18.2 Å². The lowest BCUT2D eigenvalue weighted by Crippen LogP contribution is -2.53. The summed E-state index contributed by atoms with van der Waals surface area (Å²) in [6, 6.07) is 18.4. The van der Waals surface area contributed by atoms with Crippen LogP contribution in [0.2, 0.25) is 10.0 Å². The van der Waals surface area contributed by atoms with Gasteiger partial charge in [0.1, 0.15) is 11.3 Å². The van der Waals surface area contributed by atoms with E-state index in [2.05, 4.69) is 10.6 Å². The van der Waals surface area contributed by atoms with E-state index in [1.807, 2.05) is 0 Å². The van der Waals surface area contributed by atoms with Gasteiger partial charge in [-0.3, -0.25) is 24.6 Å². The standard InChI is InChI=1S/C27H21Cl2N3O4/c28-18-6-2-1-4-15(18)13-32-24(34)21-20(12-14-8-10-16(33)11-9-14)31-27(22(21)25(32)35)17-5-3-7-19(29)23(17)30-26(27)36/h1-11,20-22,31,33H,12-13H2,(H,30,36)/t20?,21-,22+,27?/m1/s1. The number of phenols is 1. The number of imide groups is 1. The molecule has 7 nitrogen and oxygen atoms in total. The first-order chi connectivity index (χ1) is 17.3. The molecule has 2 unspecified atom stereocenters. The van der Waals surface area contributed by atoms with Gasteiger partial charge < -0.3 is 10.4 Å². The zero-order chi connectivity index (χ0) is 25.2. The van der Waals surface area contributed by atoms with Crippen LogP contribution in [0.1, 0.15) is 16.7 Å². The number of likely N-dealkylation sites (tertiary alicyclic amines) is 1. The van der Waals surface area contributed by atoms with Crippen molar-refractivity contribution in [2.45, 2.75) is 24.5 Å². The molecule has 182 valence electrons. The molecule has 0 aromatic heterocycles. The molecule has 3 aromatic carbocycles. The Hall–Kier alpha value is -3.39. The number of phenolic OH excluding ortho intramolecular Hbond substituents is 1. The molecule has 3 aromatic rings. The Bertz CT molecular complexity index is 1430. The van der Waals surface area contributed by atoms with Crippen LogP contribution in [0.25, 0.3) is 0 Å². The zero-order valence-corrected chi connectivity index (χ0v) is 20.4. The molecule has 2 saturated heterocycles. The minimum atomic E-state index is -1.44. The van der Waals surface area contributed by atoms with E-state index < -0.39 is 35.2 Å². The van der Waals surface area contributed by atoms with Crippen molar-refractivity contribution in [2.24, 2.45) is 11.8 Å². The van der Waals surface area contributed by atoms with Crippen LogP contribution in [0.15, 0.2) is 66.7 Å². The molecule has 0 saturated carbocycles. The number of fused-ring (bicyclic) bond motifs is 4. The van der Waals surface area contributed by atoms with Crippen LogP contribution in [0.5, 0.6) is 5.75 Å². The summed E-state index contributed by atoms with van der Waals surface area (Å²) in [5.74, 6) is -2.77. The minimum Gasteiger partial charge on any atom is -0.508 e. The van der Waals surface area contributed by atoms with Crippen molar-refractivity contribution < 1.29 is 19.5 Å². The van der Waals surface area contributed by atoms with Crippen molar-refractivity contribution in [1.82, 2.24) is 10.2 Å². The molecule has 3 heterocycles. The van der Waals surface area contributed by atoms with Gasteiger partial charge in [-0.15, -0.1) is 0 Å². The Balaban J connectivity index is 1.45. The Morgan fingerprint density at radius 3 is 2.36 bits per heavy atom. The van der Waals surface area contributed by atoms with Crippen LogP contribution in [0, 0.1) is 11.8 Å². The SMILES string of the molecule is O=C1[C@@H]2C(Cc3ccc(O)cc3)NC3(C(=O)Nc4c(Cl)cccc43)[C@@H]2C(=O)N1Cc1ccccc1Cl. The number of benzene rings is 3. The van der Waals surface area contributed by atoms with Gasteiger partial charge in [0.25, 0.3) is 0 Å². The van der Waals surface area contributed by atoms with Gasteiger partial charge in [-0.1, -0.05) is 65.7 Å². The molecule has 3 aliphatic rings. The first-order valence-corrected chi connectivity index (χ1v) is 12.3. The predicted molar refractivity (Wildman–Crippen MR) is 134 cm³/mol. The molecule has 4 atom stereocenters. The number of amides is 3. The van der Waals surface area contributed by atoms with Gasteiger partial charge in [0.2, 0.25) is 17.7 Å². The molecular formula is C27H21Cl2N3O4. The average Bonchev–Trinajstić information content (AvgIpc) is 3.43. The molecule has 36 heavy (non-hydrogen) atoms. The van der Waals surface area contributed by atoms with Crippen molar-refractivity contribution in [1.29, 1.82) is 0 Å². The van der Waals surface area contributed by atoms with Crippen LogP contribution in [-0.4, -0.2) is 33.8 Å². The predicted octanol–water partition coefficient (Wildman–Crippen LogP) is 3.86.